The minimum Gasteiger partial charge on any atom is -0.445 e. The van der Waals surface area contributed by atoms with Crippen molar-refractivity contribution >= 4 is 6.09 Å². The molecule has 2 heterocycles. The highest BCUT2D eigenvalue weighted by Gasteiger charge is 2.49. The Morgan fingerprint density at radius 2 is 1.86 bits per heavy atom. The molecule has 4 nitrogen and oxygen atoms in total. The van der Waals surface area contributed by atoms with Crippen LogP contribution in [0.4, 0.5) is 9.18 Å². The lowest BCUT2D eigenvalue weighted by Crippen LogP contribution is -2.59. The van der Waals surface area contributed by atoms with Crippen LogP contribution in [0.15, 0.2) is 48.5 Å². The van der Waals surface area contributed by atoms with Crippen LogP contribution in [0.2, 0.25) is 0 Å². The highest BCUT2D eigenvalue weighted by atomic mass is 19.1. The standard InChI is InChI=1S/C23H26FNO3/c1-16-10-11-21(24)20(12-16)23(27)13-18-8-5-9-19(14-23)25(18)22(26)28-15-17-6-3-2-4-7-17/h2-4,6-7,10-12,18-19,27H,5,8-9,13-15H2,1H3. The van der Waals surface area contributed by atoms with Crippen LogP contribution in [0.5, 0.6) is 0 Å². The number of aryl methyl sites for hydroxylation is 1. The molecule has 0 radical (unpaired) electrons. The molecule has 1 N–H and O–H groups in total. The first-order valence-corrected chi connectivity index (χ1v) is 9.94. The summed E-state index contributed by atoms with van der Waals surface area (Å²) in [5, 5.41) is 11.3. The number of hydrogen-bond acceptors (Lipinski definition) is 3. The Morgan fingerprint density at radius 3 is 2.54 bits per heavy atom. The molecule has 2 saturated heterocycles. The smallest absolute Gasteiger partial charge is 0.410 e. The molecule has 2 aromatic rings. The summed E-state index contributed by atoms with van der Waals surface area (Å²) in [6, 6.07) is 14.2. The molecule has 0 aliphatic carbocycles. The number of halogens is 1. The van der Waals surface area contributed by atoms with E-state index in [9.17, 15) is 14.3 Å². The number of amides is 1. The number of rotatable bonds is 3. The van der Waals surface area contributed by atoms with Gasteiger partial charge in [-0.05, 0) is 37.8 Å². The quantitative estimate of drug-likeness (QED) is 0.838. The lowest BCUT2D eigenvalue weighted by molar-refractivity contribution is -0.0911. The van der Waals surface area contributed by atoms with Crippen molar-refractivity contribution in [3.05, 3.63) is 71.0 Å². The zero-order valence-corrected chi connectivity index (χ0v) is 16.1. The van der Waals surface area contributed by atoms with Crippen molar-refractivity contribution in [2.75, 3.05) is 0 Å². The van der Waals surface area contributed by atoms with Gasteiger partial charge in [-0.2, -0.15) is 0 Å². The van der Waals surface area contributed by atoms with Crippen molar-refractivity contribution < 1.29 is 19.0 Å². The summed E-state index contributed by atoms with van der Waals surface area (Å²) in [5.41, 5.74) is 0.958. The summed E-state index contributed by atoms with van der Waals surface area (Å²) in [6.07, 6.45) is 2.93. The molecule has 2 fully saturated rings. The molecule has 2 aliphatic rings. The van der Waals surface area contributed by atoms with Crippen LogP contribution in [0.25, 0.3) is 0 Å². The van der Waals surface area contributed by atoms with Gasteiger partial charge < -0.3 is 14.7 Å². The lowest BCUT2D eigenvalue weighted by atomic mass is 9.72. The maximum atomic E-state index is 14.5. The van der Waals surface area contributed by atoms with E-state index < -0.39 is 5.60 Å². The molecule has 2 aromatic carbocycles. The predicted octanol–water partition coefficient (Wildman–Crippen LogP) is 4.68. The molecule has 2 unspecified atom stereocenters. The molecule has 4 rings (SSSR count). The van der Waals surface area contributed by atoms with E-state index in [4.69, 9.17) is 4.74 Å². The number of nitrogens with zero attached hydrogens (tertiary/aromatic N) is 1. The summed E-state index contributed by atoms with van der Waals surface area (Å²) in [6.45, 7) is 2.12. The van der Waals surface area contributed by atoms with E-state index in [1.807, 2.05) is 37.3 Å². The van der Waals surface area contributed by atoms with Crippen LogP contribution in [0.3, 0.4) is 0 Å². The Kier molecular flexibility index (Phi) is 5.11. The maximum Gasteiger partial charge on any atom is 0.410 e. The first-order valence-electron chi connectivity index (χ1n) is 9.94. The van der Waals surface area contributed by atoms with E-state index in [2.05, 4.69) is 0 Å². The molecule has 148 valence electrons. The second kappa shape index (κ2) is 7.55. The van der Waals surface area contributed by atoms with E-state index in [0.717, 1.165) is 30.4 Å². The highest BCUT2D eigenvalue weighted by molar-refractivity contribution is 5.69. The van der Waals surface area contributed by atoms with Gasteiger partial charge in [0.25, 0.3) is 0 Å². The Balaban J connectivity index is 1.52. The average molecular weight is 383 g/mol. The van der Waals surface area contributed by atoms with Crippen molar-refractivity contribution in [2.45, 2.75) is 63.3 Å². The van der Waals surface area contributed by atoms with E-state index in [1.165, 1.54) is 6.07 Å². The summed E-state index contributed by atoms with van der Waals surface area (Å²) in [5.74, 6) is -0.383. The van der Waals surface area contributed by atoms with Gasteiger partial charge in [0.2, 0.25) is 0 Å². The van der Waals surface area contributed by atoms with Crippen LogP contribution in [-0.2, 0) is 16.9 Å². The summed E-state index contributed by atoms with van der Waals surface area (Å²) < 4.78 is 20.0. The minimum absolute atomic E-state index is 0.138. The topological polar surface area (TPSA) is 49.8 Å². The molecular formula is C23H26FNO3. The van der Waals surface area contributed by atoms with Crippen molar-refractivity contribution in [3.63, 3.8) is 0 Å². The first-order chi connectivity index (χ1) is 13.5. The minimum atomic E-state index is -1.25. The summed E-state index contributed by atoms with van der Waals surface area (Å²) >= 11 is 0. The first kappa shape index (κ1) is 18.9. The van der Waals surface area contributed by atoms with E-state index >= 15 is 0 Å². The fourth-order valence-corrected chi connectivity index (χ4v) is 4.74. The van der Waals surface area contributed by atoms with Gasteiger partial charge in [0, 0.05) is 30.5 Å². The van der Waals surface area contributed by atoms with Gasteiger partial charge in [-0.1, -0.05) is 48.0 Å². The number of benzene rings is 2. The monoisotopic (exact) mass is 383 g/mol. The Labute approximate surface area is 164 Å². The molecular weight excluding hydrogens is 357 g/mol. The summed E-state index contributed by atoms with van der Waals surface area (Å²) in [4.78, 5) is 14.6. The van der Waals surface area contributed by atoms with Crippen molar-refractivity contribution in [1.82, 2.24) is 4.90 Å². The Hall–Kier alpha value is -2.40. The molecule has 2 atom stereocenters. The molecule has 0 saturated carbocycles. The van der Waals surface area contributed by atoms with Gasteiger partial charge in [-0.15, -0.1) is 0 Å². The SMILES string of the molecule is Cc1ccc(F)c(C2(O)CC3CCCC(C2)N3C(=O)OCc2ccccc2)c1. The molecule has 2 bridgehead atoms. The largest absolute Gasteiger partial charge is 0.445 e. The highest BCUT2D eigenvalue weighted by Crippen LogP contribution is 2.45. The molecule has 5 heteroatoms. The molecule has 1 amide bonds. The number of fused-ring (bicyclic) bond motifs is 2. The molecule has 0 aromatic heterocycles. The molecule has 2 aliphatic heterocycles. The lowest BCUT2D eigenvalue weighted by Gasteiger charge is -2.51. The molecule has 0 spiro atoms. The Morgan fingerprint density at radius 1 is 1.18 bits per heavy atom. The van der Waals surface area contributed by atoms with Crippen LogP contribution in [0.1, 0.15) is 48.8 Å². The van der Waals surface area contributed by atoms with Crippen LogP contribution in [-0.4, -0.2) is 28.2 Å². The van der Waals surface area contributed by atoms with Crippen molar-refractivity contribution in [2.24, 2.45) is 0 Å². The third kappa shape index (κ3) is 3.63. The van der Waals surface area contributed by atoms with Gasteiger partial charge >= 0.3 is 6.09 Å². The maximum absolute atomic E-state index is 14.5. The van der Waals surface area contributed by atoms with Crippen molar-refractivity contribution in [3.8, 4) is 0 Å². The molecule has 28 heavy (non-hydrogen) atoms. The second-order valence-electron chi connectivity index (χ2n) is 8.11. The zero-order chi connectivity index (χ0) is 19.7. The van der Waals surface area contributed by atoms with Gasteiger partial charge in [-0.3, -0.25) is 0 Å². The zero-order valence-electron chi connectivity index (χ0n) is 16.1. The number of piperidine rings is 2. The van der Waals surface area contributed by atoms with Gasteiger partial charge in [0.05, 0.1) is 5.60 Å². The van der Waals surface area contributed by atoms with Crippen LogP contribution in [0, 0.1) is 12.7 Å². The van der Waals surface area contributed by atoms with Crippen LogP contribution >= 0.6 is 0 Å². The Bertz CT molecular complexity index is 840. The van der Waals surface area contributed by atoms with Gasteiger partial charge in [-0.25, -0.2) is 9.18 Å². The van der Waals surface area contributed by atoms with Crippen molar-refractivity contribution in [1.29, 1.82) is 0 Å². The average Bonchev–Trinajstić information content (AvgIpc) is 2.68. The third-order valence-electron chi connectivity index (χ3n) is 6.05. The van der Waals surface area contributed by atoms with Crippen LogP contribution < -0.4 is 0 Å². The number of ether oxygens (including phenoxy) is 1. The number of carbonyl (C=O) groups excluding carboxylic acids is 1. The van der Waals surface area contributed by atoms with E-state index in [0.29, 0.717) is 18.4 Å². The van der Waals surface area contributed by atoms with Gasteiger partial charge in [0.1, 0.15) is 12.4 Å². The third-order valence-corrected chi connectivity index (χ3v) is 6.05. The van der Waals surface area contributed by atoms with Gasteiger partial charge in [0.15, 0.2) is 0 Å². The summed E-state index contributed by atoms with van der Waals surface area (Å²) in [7, 11) is 0. The van der Waals surface area contributed by atoms with E-state index in [1.54, 1.807) is 17.0 Å². The predicted molar refractivity (Wildman–Crippen MR) is 104 cm³/mol. The fourth-order valence-electron chi connectivity index (χ4n) is 4.74. The number of aliphatic hydroxyl groups is 1. The number of carbonyl (C=O) groups is 1. The fraction of sp³-hybridized carbons (Fsp3) is 0.435. The normalized spacial score (nSPS) is 26.8. The van der Waals surface area contributed by atoms with E-state index in [-0.39, 0.29) is 30.6 Å². The second-order valence-corrected chi connectivity index (χ2v) is 8.11. The number of hydrogen-bond donors (Lipinski definition) is 1.